The predicted molar refractivity (Wildman–Crippen MR) is 65.9 cm³/mol. The van der Waals surface area contributed by atoms with Crippen LogP contribution in [0.4, 0.5) is 0 Å². The molecule has 6 heteroatoms. The number of pyridine rings is 1. The second-order valence-electron chi connectivity index (χ2n) is 3.47. The van der Waals surface area contributed by atoms with Crippen molar-refractivity contribution in [2.45, 2.75) is 6.92 Å². The van der Waals surface area contributed by atoms with E-state index in [0.717, 1.165) is 0 Å². The van der Waals surface area contributed by atoms with Gasteiger partial charge in [-0.25, -0.2) is 5.43 Å². The van der Waals surface area contributed by atoms with Crippen LogP contribution in [0.2, 0.25) is 0 Å². The van der Waals surface area contributed by atoms with E-state index < -0.39 is 0 Å². The van der Waals surface area contributed by atoms with Gasteiger partial charge in [-0.3, -0.25) is 19.7 Å². The van der Waals surface area contributed by atoms with Crippen LogP contribution in [-0.2, 0) is 0 Å². The Hall–Kier alpha value is -2.63. The number of aromatic nitrogens is 3. The molecule has 2 aromatic heterocycles. The highest BCUT2D eigenvalue weighted by Crippen LogP contribution is 1.96. The minimum atomic E-state index is -0.314. The molecule has 0 aromatic carbocycles. The summed E-state index contributed by atoms with van der Waals surface area (Å²) in [6, 6.07) is 3.35. The maximum absolute atomic E-state index is 11.7. The third-order valence-corrected chi connectivity index (χ3v) is 2.18. The summed E-state index contributed by atoms with van der Waals surface area (Å²) in [5.74, 6) is -0.314. The Labute approximate surface area is 104 Å². The molecule has 0 aliphatic rings. The van der Waals surface area contributed by atoms with Gasteiger partial charge < -0.3 is 0 Å². The van der Waals surface area contributed by atoms with Crippen molar-refractivity contribution in [2.75, 3.05) is 0 Å². The average Bonchev–Trinajstić information content (AvgIpc) is 2.46. The van der Waals surface area contributed by atoms with Crippen LogP contribution < -0.4 is 5.43 Å². The number of carbonyl (C=O) groups excluding carboxylic acids is 1. The molecule has 6 nitrogen and oxygen atoms in total. The van der Waals surface area contributed by atoms with Gasteiger partial charge in [0, 0.05) is 24.8 Å². The van der Waals surface area contributed by atoms with Crippen LogP contribution in [0.25, 0.3) is 0 Å². The second-order valence-corrected chi connectivity index (χ2v) is 3.47. The Balaban J connectivity index is 2.05. The lowest BCUT2D eigenvalue weighted by molar-refractivity contribution is 0.0954. The van der Waals surface area contributed by atoms with Crippen molar-refractivity contribution in [2.24, 2.45) is 5.10 Å². The highest BCUT2D eigenvalue weighted by atomic mass is 16.2. The van der Waals surface area contributed by atoms with Gasteiger partial charge >= 0.3 is 0 Å². The predicted octanol–water partition coefficient (Wildman–Crippen LogP) is 1.03. The van der Waals surface area contributed by atoms with Gasteiger partial charge in [-0.2, -0.15) is 5.10 Å². The van der Waals surface area contributed by atoms with Crippen LogP contribution in [-0.4, -0.2) is 26.6 Å². The quantitative estimate of drug-likeness (QED) is 0.642. The molecule has 1 N–H and O–H groups in total. The van der Waals surface area contributed by atoms with Crippen LogP contribution >= 0.6 is 0 Å². The van der Waals surface area contributed by atoms with E-state index in [0.29, 0.717) is 17.0 Å². The number of nitrogens with one attached hydrogen (secondary N) is 1. The van der Waals surface area contributed by atoms with Crippen molar-refractivity contribution in [3.05, 3.63) is 54.4 Å². The summed E-state index contributed by atoms with van der Waals surface area (Å²) >= 11 is 0. The molecule has 1 amide bonds. The Morgan fingerprint density at radius 2 is 2.06 bits per heavy atom. The number of nitrogens with zero attached hydrogens (tertiary/aromatic N) is 4. The molecule has 0 radical (unpaired) electrons. The van der Waals surface area contributed by atoms with Crippen molar-refractivity contribution in [1.29, 1.82) is 0 Å². The molecule has 90 valence electrons. The number of hydrogen-bond acceptors (Lipinski definition) is 5. The van der Waals surface area contributed by atoms with Gasteiger partial charge in [0.15, 0.2) is 0 Å². The Bertz CT molecular complexity index is 553. The van der Waals surface area contributed by atoms with Crippen LogP contribution in [0, 0.1) is 0 Å². The molecule has 0 aliphatic carbocycles. The van der Waals surface area contributed by atoms with E-state index in [1.54, 1.807) is 43.8 Å². The first-order chi connectivity index (χ1) is 8.77. The average molecular weight is 241 g/mol. The monoisotopic (exact) mass is 241 g/mol. The molecule has 0 unspecified atom stereocenters. The summed E-state index contributed by atoms with van der Waals surface area (Å²) in [6.07, 6.45) is 7.80. The van der Waals surface area contributed by atoms with E-state index in [-0.39, 0.29) is 5.91 Å². The Morgan fingerprint density at radius 1 is 1.22 bits per heavy atom. The molecule has 0 spiro atoms. The molecule has 0 saturated carbocycles. The molecule has 18 heavy (non-hydrogen) atoms. The minimum Gasteiger partial charge on any atom is -0.267 e. The minimum absolute atomic E-state index is 0.314. The summed E-state index contributed by atoms with van der Waals surface area (Å²) < 4.78 is 0. The summed E-state index contributed by atoms with van der Waals surface area (Å²) in [4.78, 5) is 23.5. The van der Waals surface area contributed by atoms with E-state index in [1.807, 2.05) is 0 Å². The van der Waals surface area contributed by atoms with E-state index >= 15 is 0 Å². The topological polar surface area (TPSA) is 80.1 Å². The first-order valence-electron chi connectivity index (χ1n) is 5.28. The van der Waals surface area contributed by atoms with Gasteiger partial charge in [-0.15, -0.1) is 0 Å². The number of rotatable bonds is 3. The standard InChI is InChI=1S/C12H11N5O/c1-9(11-8-14-5-6-15-11)16-17-12(18)10-3-2-4-13-7-10/h2-8H,1H3,(H,17,18). The van der Waals surface area contributed by atoms with Gasteiger partial charge in [0.2, 0.25) is 0 Å². The van der Waals surface area contributed by atoms with Crippen molar-refractivity contribution < 1.29 is 4.79 Å². The van der Waals surface area contributed by atoms with Crippen LogP contribution in [0.1, 0.15) is 23.0 Å². The van der Waals surface area contributed by atoms with Crippen molar-refractivity contribution >= 4 is 11.6 Å². The molecule has 0 aliphatic heterocycles. The lowest BCUT2D eigenvalue weighted by Gasteiger charge is -2.01. The second kappa shape index (κ2) is 5.62. The SMILES string of the molecule is CC(=NNC(=O)c1cccnc1)c1cnccn1. The fraction of sp³-hybridized carbons (Fsp3) is 0.0833. The smallest absolute Gasteiger partial charge is 0.267 e. The molecular formula is C12H11N5O. The maximum atomic E-state index is 11.7. The molecular weight excluding hydrogens is 230 g/mol. The van der Waals surface area contributed by atoms with E-state index in [2.05, 4.69) is 25.5 Å². The normalized spacial score (nSPS) is 11.1. The van der Waals surface area contributed by atoms with Gasteiger partial charge in [-0.05, 0) is 19.1 Å². The molecule has 0 atom stereocenters. The fourth-order valence-electron chi connectivity index (χ4n) is 1.24. The summed E-state index contributed by atoms with van der Waals surface area (Å²) in [6.45, 7) is 1.74. The summed E-state index contributed by atoms with van der Waals surface area (Å²) in [5.41, 5.74) is 4.09. The molecule has 0 saturated heterocycles. The molecule has 2 aromatic rings. The number of hydrogen-bond donors (Lipinski definition) is 1. The molecule has 0 bridgehead atoms. The molecule has 2 rings (SSSR count). The largest absolute Gasteiger partial charge is 0.272 e. The Morgan fingerprint density at radius 3 is 2.72 bits per heavy atom. The van der Waals surface area contributed by atoms with Crippen molar-refractivity contribution in [3.8, 4) is 0 Å². The third-order valence-electron chi connectivity index (χ3n) is 2.18. The molecule has 2 heterocycles. The van der Waals surface area contributed by atoms with Gasteiger partial charge in [0.1, 0.15) is 5.69 Å². The zero-order valence-electron chi connectivity index (χ0n) is 9.74. The van der Waals surface area contributed by atoms with Crippen LogP contribution in [0.5, 0.6) is 0 Å². The van der Waals surface area contributed by atoms with E-state index in [9.17, 15) is 4.79 Å². The zero-order chi connectivity index (χ0) is 12.8. The fourth-order valence-corrected chi connectivity index (χ4v) is 1.24. The van der Waals surface area contributed by atoms with Crippen LogP contribution in [0.3, 0.4) is 0 Å². The van der Waals surface area contributed by atoms with Crippen LogP contribution in [0.15, 0.2) is 48.2 Å². The van der Waals surface area contributed by atoms with Crippen molar-refractivity contribution in [3.63, 3.8) is 0 Å². The van der Waals surface area contributed by atoms with E-state index in [1.165, 1.54) is 6.20 Å². The summed E-state index contributed by atoms with van der Waals surface area (Å²) in [7, 11) is 0. The lowest BCUT2D eigenvalue weighted by Crippen LogP contribution is -2.19. The highest BCUT2D eigenvalue weighted by Gasteiger charge is 2.04. The summed E-state index contributed by atoms with van der Waals surface area (Å²) in [5, 5.41) is 3.96. The zero-order valence-corrected chi connectivity index (χ0v) is 9.74. The lowest BCUT2D eigenvalue weighted by atomic mass is 10.3. The van der Waals surface area contributed by atoms with Gasteiger partial charge in [-0.1, -0.05) is 0 Å². The number of hydrazone groups is 1. The Kier molecular flexibility index (Phi) is 3.70. The first kappa shape index (κ1) is 11.8. The van der Waals surface area contributed by atoms with Crippen molar-refractivity contribution in [1.82, 2.24) is 20.4 Å². The van der Waals surface area contributed by atoms with Gasteiger partial charge in [0.05, 0.1) is 17.5 Å². The number of amides is 1. The molecule has 0 fully saturated rings. The highest BCUT2D eigenvalue weighted by molar-refractivity contribution is 5.99. The van der Waals surface area contributed by atoms with E-state index in [4.69, 9.17) is 0 Å². The first-order valence-corrected chi connectivity index (χ1v) is 5.28. The number of carbonyl (C=O) groups is 1. The maximum Gasteiger partial charge on any atom is 0.272 e. The third kappa shape index (κ3) is 2.94. The van der Waals surface area contributed by atoms with Gasteiger partial charge in [0.25, 0.3) is 5.91 Å².